The average molecular weight is 510 g/mol. The Morgan fingerprint density at radius 2 is 1.69 bits per heavy atom. The van der Waals surface area contributed by atoms with Crippen LogP contribution in [0.4, 0.5) is 5.69 Å². The topological polar surface area (TPSA) is 141 Å². The average Bonchev–Trinajstić information content (AvgIpc) is 3.20. The third-order valence-electron chi connectivity index (χ3n) is 5.38. The van der Waals surface area contributed by atoms with Crippen molar-refractivity contribution in [1.29, 1.82) is 0 Å². The zero-order valence-corrected chi connectivity index (χ0v) is 21.8. The molecule has 0 unspecified atom stereocenters. The molecule has 10 heteroatoms. The number of ether oxygens (including phenoxy) is 1. The first kappa shape index (κ1) is 26.7. The van der Waals surface area contributed by atoms with Crippen LogP contribution in [-0.2, 0) is 11.3 Å². The predicted molar refractivity (Wildman–Crippen MR) is 140 cm³/mol. The maximum atomic E-state index is 13.9. The fraction of sp³-hybridized carbons (Fsp3) is 0.308. The van der Waals surface area contributed by atoms with Gasteiger partial charge in [-0.25, -0.2) is 0 Å². The van der Waals surface area contributed by atoms with Crippen LogP contribution in [0, 0.1) is 6.92 Å². The largest absolute Gasteiger partial charge is 0.497 e. The Morgan fingerprint density at radius 1 is 1.08 bits per heavy atom. The molecule has 3 aromatic rings. The predicted octanol–water partition coefficient (Wildman–Crippen LogP) is 3.44. The van der Waals surface area contributed by atoms with Crippen molar-refractivity contribution in [1.82, 2.24) is 14.6 Å². The summed E-state index contributed by atoms with van der Waals surface area (Å²) >= 11 is 0.779. The van der Waals surface area contributed by atoms with Crippen LogP contribution in [0.1, 0.15) is 63.7 Å². The second-order valence-electron chi connectivity index (χ2n) is 9.47. The van der Waals surface area contributed by atoms with Crippen LogP contribution in [0.25, 0.3) is 0 Å². The minimum atomic E-state index is -0.988. The van der Waals surface area contributed by atoms with E-state index in [1.54, 1.807) is 19.2 Å². The van der Waals surface area contributed by atoms with E-state index >= 15 is 0 Å². The van der Waals surface area contributed by atoms with Gasteiger partial charge in [0.2, 0.25) is 5.91 Å². The van der Waals surface area contributed by atoms with Crippen LogP contribution in [0.5, 0.6) is 5.75 Å². The van der Waals surface area contributed by atoms with E-state index < -0.39 is 23.4 Å². The van der Waals surface area contributed by atoms with Crippen molar-refractivity contribution in [3.63, 3.8) is 0 Å². The highest BCUT2D eigenvalue weighted by Gasteiger charge is 2.36. The summed E-state index contributed by atoms with van der Waals surface area (Å²) in [5.74, 6) is -1.06. The van der Waals surface area contributed by atoms with E-state index in [2.05, 4.69) is 9.69 Å². The number of aromatic nitrogens is 1. The van der Waals surface area contributed by atoms with E-state index in [4.69, 9.17) is 16.2 Å². The number of hydrogen-bond donors (Lipinski definition) is 3. The highest BCUT2D eigenvalue weighted by molar-refractivity contribution is 7.09. The van der Waals surface area contributed by atoms with Crippen LogP contribution in [0.2, 0.25) is 0 Å². The summed E-state index contributed by atoms with van der Waals surface area (Å²) < 4.78 is 9.22. The molecule has 0 saturated heterocycles. The van der Waals surface area contributed by atoms with Crippen molar-refractivity contribution in [2.75, 3.05) is 12.8 Å². The van der Waals surface area contributed by atoms with Crippen molar-refractivity contribution < 1.29 is 19.1 Å². The SMILES string of the molecule is COc1ccc(CN(C(=O)c2snc(C(N)=O)c2N)[C@@H](C(=O)NC(C)(C)C)c2ccc(C)cc2)cc1. The molecular formula is C26H31N5O4S. The fourth-order valence-corrected chi connectivity index (χ4v) is 4.39. The van der Waals surface area contributed by atoms with Gasteiger partial charge in [-0.15, -0.1) is 0 Å². The summed E-state index contributed by atoms with van der Waals surface area (Å²) in [6, 6.07) is 13.6. The molecule has 3 amide bonds. The van der Waals surface area contributed by atoms with Crippen LogP contribution >= 0.6 is 11.5 Å². The Morgan fingerprint density at radius 3 is 2.19 bits per heavy atom. The smallest absolute Gasteiger partial charge is 0.270 e. The summed E-state index contributed by atoms with van der Waals surface area (Å²) in [4.78, 5) is 40.8. The third-order valence-corrected chi connectivity index (χ3v) is 6.23. The molecule has 5 N–H and O–H groups in total. The summed E-state index contributed by atoms with van der Waals surface area (Å²) in [6.07, 6.45) is 0. The second kappa shape index (κ2) is 10.8. The van der Waals surface area contributed by atoms with Gasteiger partial charge in [0.05, 0.1) is 12.8 Å². The van der Waals surface area contributed by atoms with Gasteiger partial charge in [0.15, 0.2) is 5.69 Å². The number of primary amides is 1. The van der Waals surface area contributed by atoms with Crippen LogP contribution in [-0.4, -0.2) is 39.6 Å². The second-order valence-corrected chi connectivity index (χ2v) is 10.2. The number of nitrogen functional groups attached to an aromatic ring is 1. The number of nitrogens with one attached hydrogen (secondary N) is 1. The number of nitrogens with zero attached hydrogens (tertiary/aromatic N) is 2. The maximum Gasteiger partial charge on any atom is 0.270 e. The Bertz CT molecular complexity index is 1250. The molecule has 0 aliphatic rings. The van der Waals surface area contributed by atoms with Gasteiger partial charge in [-0.2, -0.15) is 4.37 Å². The Hall–Kier alpha value is -3.92. The number of amides is 3. The standard InChI is InChI=1S/C26H31N5O4S/c1-15-6-10-17(11-7-15)21(24(33)29-26(2,3)4)31(14-16-8-12-18(35-5)13-9-16)25(34)22-19(27)20(23(28)32)30-36-22/h6-13,21H,14,27H2,1-5H3,(H2,28,32)(H,29,33)/t21-/m1/s1. The molecule has 0 fully saturated rings. The molecule has 190 valence electrons. The van der Waals surface area contributed by atoms with Gasteiger partial charge in [0.1, 0.15) is 16.7 Å². The summed E-state index contributed by atoms with van der Waals surface area (Å²) in [7, 11) is 1.57. The van der Waals surface area contributed by atoms with E-state index in [1.807, 2.05) is 64.1 Å². The maximum absolute atomic E-state index is 13.9. The number of methoxy groups -OCH3 is 1. The van der Waals surface area contributed by atoms with Crippen LogP contribution in [0.3, 0.4) is 0 Å². The molecule has 0 spiro atoms. The van der Waals surface area contributed by atoms with Crippen molar-refractivity contribution in [3.05, 3.63) is 75.8 Å². The normalized spacial score (nSPS) is 12.0. The monoisotopic (exact) mass is 509 g/mol. The number of benzene rings is 2. The van der Waals surface area contributed by atoms with Crippen LogP contribution < -0.4 is 21.5 Å². The van der Waals surface area contributed by atoms with Crippen molar-refractivity contribution in [3.8, 4) is 5.75 Å². The minimum Gasteiger partial charge on any atom is -0.497 e. The lowest BCUT2D eigenvalue weighted by molar-refractivity contribution is -0.127. The van der Waals surface area contributed by atoms with Gasteiger partial charge >= 0.3 is 0 Å². The number of nitrogens with two attached hydrogens (primary N) is 2. The van der Waals surface area contributed by atoms with Crippen molar-refractivity contribution in [2.24, 2.45) is 5.73 Å². The van der Waals surface area contributed by atoms with Gasteiger partial charge in [-0.05, 0) is 62.5 Å². The van der Waals surface area contributed by atoms with Crippen molar-refractivity contribution in [2.45, 2.75) is 45.8 Å². The first-order valence-corrected chi connectivity index (χ1v) is 12.1. The first-order chi connectivity index (χ1) is 16.9. The minimum absolute atomic E-state index is 0.0398. The molecule has 2 aromatic carbocycles. The number of hydrogen-bond acceptors (Lipinski definition) is 7. The molecule has 1 atom stereocenters. The quantitative estimate of drug-likeness (QED) is 0.425. The van der Waals surface area contributed by atoms with Gasteiger partial charge in [-0.1, -0.05) is 42.0 Å². The summed E-state index contributed by atoms with van der Waals surface area (Å²) in [6.45, 7) is 7.63. The molecule has 0 aliphatic carbocycles. The van der Waals surface area contributed by atoms with Gasteiger partial charge in [0.25, 0.3) is 11.8 Å². The summed E-state index contributed by atoms with van der Waals surface area (Å²) in [5.41, 5.74) is 13.1. The van der Waals surface area contributed by atoms with Gasteiger partial charge < -0.3 is 26.4 Å². The Balaban J connectivity index is 2.15. The summed E-state index contributed by atoms with van der Waals surface area (Å²) in [5, 5.41) is 2.99. The zero-order valence-electron chi connectivity index (χ0n) is 21.0. The Kier molecular flexibility index (Phi) is 7.99. The van der Waals surface area contributed by atoms with E-state index in [-0.39, 0.29) is 28.7 Å². The van der Waals surface area contributed by atoms with Crippen LogP contribution in [0.15, 0.2) is 48.5 Å². The van der Waals surface area contributed by atoms with E-state index in [1.165, 1.54) is 4.90 Å². The lowest BCUT2D eigenvalue weighted by Gasteiger charge is -2.33. The number of rotatable bonds is 8. The van der Waals surface area contributed by atoms with Gasteiger partial charge in [-0.3, -0.25) is 14.4 Å². The number of carbonyl (C=O) groups is 3. The number of anilines is 1. The molecule has 3 rings (SSSR count). The van der Waals surface area contributed by atoms with E-state index in [0.717, 1.165) is 22.7 Å². The Labute approximate surface area is 214 Å². The molecule has 0 aliphatic heterocycles. The highest BCUT2D eigenvalue weighted by atomic mass is 32.1. The molecule has 9 nitrogen and oxygen atoms in total. The third kappa shape index (κ3) is 6.19. The lowest BCUT2D eigenvalue weighted by atomic mass is 9.99. The zero-order chi connectivity index (χ0) is 26.6. The fourth-order valence-electron chi connectivity index (χ4n) is 3.63. The van der Waals surface area contributed by atoms with Gasteiger partial charge in [0, 0.05) is 12.1 Å². The van der Waals surface area contributed by atoms with E-state index in [9.17, 15) is 14.4 Å². The molecule has 0 saturated carbocycles. The molecule has 1 aromatic heterocycles. The molecule has 0 bridgehead atoms. The number of aryl methyl sites for hydroxylation is 1. The van der Waals surface area contributed by atoms with Crippen molar-refractivity contribution >= 4 is 34.9 Å². The highest BCUT2D eigenvalue weighted by Crippen LogP contribution is 2.31. The molecule has 36 heavy (non-hydrogen) atoms. The molecule has 1 heterocycles. The molecular weight excluding hydrogens is 478 g/mol. The first-order valence-electron chi connectivity index (χ1n) is 11.3. The number of carbonyl (C=O) groups excluding carboxylic acids is 3. The van der Waals surface area contributed by atoms with E-state index in [0.29, 0.717) is 11.3 Å². The lowest BCUT2D eigenvalue weighted by Crippen LogP contribution is -2.49. The molecule has 0 radical (unpaired) electrons.